The Labute approximate surface area is 109 Å². The number of rotatable bonds is 4. The maximum absolute atomic E-state index is 6.46. The number of aromatic nitrogens is 3. The third kappa shape index (κ3) is 3.21. The van der Waals surface area contributed by atoms with Crippen LogP contribution in [0, 0.1) is 11.8 Å². The second kappa shape index (κ2) is 5.85. The first kappa shape index (κ1) is 12.9. The minimum absolute atomic E-state index is 0.319. The van der Waals surface area contributed by atoms with Crippen molar-refractivity contribution in [1.82, 2.24) is 14.8 Å². The lowest BCUT2D eigenvalue weighted by Crippen LogP contribution is -2.28. The average Bonchev–Trinajstić information content (AvgIpc) is 2.70. The van der Waals surface area contributed by atoms with Gasteiger partial charge in [0.1, 0.15) is 12.2 Å². The minimum Gasteiger partial charge on any atom is -0.253 e. The topological polar surface area (TPSA) is 30.7 Å². The number of hydrogen-bond acceptors (Lipinski definition) is 2. The van der Waals surface area contributed by atoms with Crippen LogP contribution in [0.5, 0.6) is 0 Å². The molecular weight excluding hydrogens is 234 g/mol. The molecule has 3 unspecified atom stereocenters. The van der Waals surface area contributed by atoms with Crippen LogP contribution in [0.2, 0.25) is 0 Å². The lowest BCUT2D eigenvalue weighted by molar-refractivity contribution is 0.253. The molecule has 1 aliphatic carbocycles. The van der Waals surface area contributed by atoms with Crippen LogP contribution >= 0.6 is 11.6 Å². The van der Waals surface area contributed by atoms with Gasteiger partial charge in [0.25, 0.3) is 0 Å². The fourth-order valence-corrected chi connectivity index (χ4v) is 3.26. The van der Waals surface area contributed by atoms with E-state index in [1.54, 1.807) is 6.33 Å². The van der Waals surface area contributed by atoms with Crippen LogP contribution in [-0.2, 0) is 13.5 Å². The molecule has 17 heavy (non-hydrogen) atoms. The first-order valence-electron chi connectivity index (χ1n) is 6.67. The number of alkyl halides is 1. The van der Waals surface area contributed by atoms with E-state index in [-0.39, 0.29) is 0 Å². The Hall–Kier alpha value is -0.570. The molecule has 1 aromatic rings. The fourth-order valence-electron chi connectivity index (χ4n) is 2.95. The van der Waals surface area contributed by atoms with Crippen LogP contribution in [0.15, 0.2) is 6.33 Å². The molecule has 1 heterocycles. The van der Waals surface area contributed by atoms with Gasteiger partial charge in [-0.25, -0.2) is 4.98 Å². The van der Waals surface area contributed by atoms with Crippen molar-refractivity contribution in [2.24, 2.45) is 18.9 Å². The van der Waals surface area contributed by atoms with Crippen LogP contribution in [0.1, 0.15) is 44.9 Å². The highest BCUT2D eigenvalue weighted by Gasteiger charge is 2.29. The van der Waals surface area contributed by atoms with E-state index < -0.39 is 0 Å². The van der Waals surface area contributed by atoms with Crippen molar-refractivity contribution in [2.75, 3.05) is 0 Å². The Bertz CT molecular complexity index is 350. The summed E-state index contributed by atoms with van der Waals surface area (Å²) in [6.45, 7) is 2.27. The Kier molecular flexibility index (Phi) is 4.43. The Balaban J connectivity index is 1.96. The summed E-state index contributed by atoms with van der Waals surface area (Å²) < 4.78 is 1.87. The van der Waals surface area contributed by atoms with Crippen LogP contribution < -0.4 is 0 Å². The fraction of sp³-hybridized carbons (Fsp3) is 0.846. The molecule has 0 N–H and O–H groups in total. The third-order valence-electron chi connectivity index (χ3n) is 3.95. The standard InChI is InChI=1S/C13H22ClN3/c1-3-4-10-5-6-12(14)11(7-10)8-13-15-9-16-17(13)2/h9-12H,3-8H2,1-2H3. The molecule has 3 atom stereocenters. The predicted octanol–water partition coefficient (Wildman–Crippen LogP) is 3.18. The molecule has 1 aromatic heterocycles. The Morgan fingerprint density at radius 1 is 1.47 bits per heavy atom. The molecule has 0 bridgehead atoms. The molecule has 1 aliphatic rings. The molecule has 1 fully saturated rings. The van der Waals surface area contributed by atoms with E-state index in [4.69, 9.17) is 11.6 Å². The average molecular weight is 256 g/mol. The molecule has 0 aliphatic heterocycles. The van der Waals surface area contributed by atoms with Gasteiger partial charge in [0.05, 0.1) is 0 Å². The van der Waals surface area contributed by atoms with Crippen molar-refractivity contribution in [2.45, 2.75) is 50.8 Å². The van der Waals surface area contributed by atoms with E-state index >= 15 is 0 Å². The van der Waals surface area contributed by atoms with Crippen molar-refractivity contribution in [3.05, 3.63) is 12.2 Å². The summed E-state index contributed by atoms with van der Waals surface area (Å²) in [5, 5.41) is 4.44. The summed E-state index contributed by atoms with van der Waals surface area (Å²) in [5.74, 6) is 2.51. The Morgan fingerprint density at radius 2 is 2.29 bits per heavy atom. The quantitative estimate of drug-likeness (QED) is 0.774. The summed E-state index contributed by atoms with van der Waals surface area (Å²) in [4.78, 5) is 4.31. The summed E-state index contributed by atoms with van der Waals surface area (Å²) in [5.41, 5.74) is 0. The molecule has 0 aromatic carbocycles. The maximum atomic E-state index is 6.46. The van der Waals surface area contributed by atoms with Crippen molar-refractivity contribution in [1.29, 1.82) is 0 Å². The molecule has 4 heteroatoms. The second-order valence-corrected chi connectivity index (χ2v) is 5.81. The molecule has 0 radical (unpaired) electrons. The molecule has 96 valence electrons. The number of aryl methyl sites for hydroxylation is 1. The zero-order chi connectivity index (χ0) is 12.3. The van der Waals surface area contributed by atoms with E-state index in [1.807, 2.05) is 11.7 Å². The normalized spacial score (nSPS) is 29.5. The molecular formula is C13H22ClN3. The molecule has 1 saturated carbocycles. The maximum Gasteiger partial charge on any atom is 0.138 e. The van der Waals surface area contributed by atoms with Crippen LogP contribution in [0.25, 0.3) is 0 Å². The van der Waals surface area contributed by atoms with Crippen molar-refractivity contribution in [3.63, 3.8) is 0 Å². The van der Waals surface area contributed by atoms with Gasteiger partial charge in [0, 0.05) is 18.8 Å². The lowest BCUT2D eigenvalue weighted by Gasteiger charge is -2.32. The van der Waals surface area contributed by atoms with Gasteiger partial charge >= 0.3 is 0 Å². The lowest BCUT2D eigenvalue weighted by atomic mass is 9.77. The van der Waals surface area contributed by atoms with Crippen molar-refractivity contribution >= 4 is 11.6 Å². The zero-order valence-corrected chi connectivity index (χ0v) is 11.5. The van der Waals surface area contributed by atoms with E-state index in [0.29, 0.717) is 11.3 Å². The zero-order valence-electron chi connectivity index (χ0n) is 10.8. The minimum atomic E-state index is 0.319. The van der Waals surface area contributed by atoms with E-state index in [9.17, 15) is 0 Å². The molecule has 2 rings (SSSR count). The second-order valence-electron chi connectivity index (χ2n) is 5.25. The van der Waals surface area contributed by atoms with E-state index in [2.05, 4.69) is 17.0 Å². The number of halogens is 1. The highest BCUT2D eigenvalue weighted by Crippen LogP contribution is 2.36. The highest BCUT2D eigenvalue weighted by molar-refractivity contribution is 6.20. The SMILES string of the molecule is CCCC1CCC(Cl)C(Cc2ncnn2C)C1. The van der Waals surface area contributed by atoms with Gasteiger partial charge in [-0.1, -0.05) is 19.8 Å². The van der Waals surface area contributed by atoms with Crippen molar-refractivity contribution in [3.8, 4) is 0 Å². The number of nitrogens with zero attached hydrogens (tertiary/aromatic N) is 3. The number of hydrogen-bond donors (Lipinski definition) is 0. The van der Waals surface area contributed by atoms with Gasteiger partial charge in [-0.3, -0.25) is 4.68 Å². The van der Waals surface area contributed by atoms with Gasteiger partial charge < -0.3 is 0 Å². The predicted molar refractivity (Wildman–Crippen MR) is 70.1 cm³/mol. The highest BCUT2D eigenvalue weighted by atomic mass is 35.5. The van der Waals surface area contributed by atoms with Gasteiger partial charge in [0.15, 0.2) is 0 Å². The van der Waals surface area contributed by atoms with Crippen LogP contribution in [-0.4, -0.2) is 20.1 Å². The summed E-state index contributed by atoms with van der Waals surface area (Å²) >= 11 is 6.46. The molecule has 3 nitrogen and oxygen atoms in total. The van der Waals surface area contributed by atoms with Crippen molar-refractivity contribution < 1.29 is 0 Å². The summed E-state index contributed by atoms with van der Waals surface area (Å²) in [7, 11) is 1.96. The first-order chi connectivity index (χ1) is 8.20. The summed E-state index contributed by atoms with van der Waals surface area (Å²) in [6, 6.07) is 0. The first-order valence-corrected chi connectivity index (χ1v) is 7.11. The van der Waals surface area contributed by atoms with E-state index in [0.717, 1.165) is 24.6 Å². The summed E-state index contributed by atoms with van der Waals surface area (Å²) in [6.07, 6.45) is 8.96. The third-order valence-corrected chi connectivity index (χ3v) is 4.52. The molecule has 0 amide bonds. The molecule has 0 saturated heterocycles. The largest absolute Gasteiger partial charge is 0.253 e. The van der Waals surface area contributed by atoms with Gasteiger partial charge in [-0.05, 0) is 31.1 Å². The molecule has 0 spiro atoms. The Morgan fingerprint density at radius 3 is 2.94 bits per heavy atom. The van der Waals surface area contributed by atoms with Gasteiger partial charge in [0.2, 0.25) is 0 Å². The van der Waals surface area contributed by atoms with E-state index in [1.165, 1.54) is 25.7 Å². The smallest absolute Gasteiger partial charge is 0.138 e. The van der Waals surface area contributed by atoms with Gasteiger partial charge in [-0.2, -0.15) is 5.10 Å². The van der Waals surface area contributed by atoms with Gasteiger partial charge in [-0.15, -0.1) is 11.6 Å². The monoisotopic (exact) mass is 255 g/mol. The van der Waals surface area contributed by atoms with Crippen LogP contribution in [0.3, 0.4) is 0 Å². The van der Waals surface area contributed by atoms with Crippen LogP contribution in [0.4, 0.5) is 0 Å².